The molecule has 0 aliphatic carbocycles. The van der Waals surface area contributed by atoms with Gasteiger partial charge in [-0.2, -0.15) is 0 Å². The summed E-state index contributed by atoms with van der Waals surface area (Å²) in [5, 5.41) is 14.5. The van der Waals surface area contributed by atoms with Crippen LogP contribution in [0.25, 0.3) is 0 Å². The van der Waals surface area contributed by atoms with Crippen LogP contribution in [0.15, 0.2) is 59.8 Å². The third kappa shape index (κ3) is 5.88. The van der Waals surface area contributed by atoms with Crippen LogP contribution in [0, 0.1) is 5.82 Å². The van der Waals surface area contributed by atoms with Crippen molar-refractivity contribution in [3.05, 3.63) is 71.5 Å². The fourth-order valence-corrected chi connectivity index (χ4v) is 3.39. The maximum Gasteiger partial charge on any atom is 0.145 e. The number of hydrogen-bond acceptors (Lipinski definition) is 4. The molecule has 0 saturated carbocycles. The van der Waals surface area contributed by atoms with Gasteiger partial charge in [0.2, 0.25) is 0 Å². The molecule has 0 saturated heterocycles. The Kier molecular flexibility index (Phi) is 6.96. The zero-order valence-electron chi connectivity index (χ0n) is 15.7. The molecule has 4 nitrogen and oxygen atoms in total. The largest absolute Gasteiger partial charge is 0.392 e. The molecule has 27 heavy (non-hydrogen) atoms. The SMILES string of the molecule is CCC[C@H](O)CN(Cc1ccc(F)cc1)C[C@@H]1CC(c2ccccc2)=NO1. The van der Waals surface area contributed by atoms with Gasteiger partial charge in [-0.05, 0) is 29.7 Å². The van der Waals surface area contributed by atoms with Crippen molar-refractivity contribution in [1.29, 1.82) is 0 Å². The van der Waals surface area contributed by atoms with Gasteiger partial charge >= 0.3 is 0 Å². The van der Waals surface area contributed by atoms with Crippen molar-refractivity contribution in [3.63, 3.8) is 0 Å². The number of aliphatic hydroxyl groups excluding tert-OH is 1. The minimum atomic E-state index is -0.383. The molecule has 2 aromatic rings. The maximum absolute atomic E-state index is 13.2. The van der Waals surface area contributed by atoms with Crippen molar-refractivity contribution < 1.29 is 14.3 Å². The molecule has 3 rings (SSSR count). The van der Waals surface area contributed by atoms with Crippen LogP contribution in [0.4, 0.5) is 4.39 Å². The highest BCUT2D eigenvalue weighted by Gasteiger charge is 2.25. The minimum absolute atomic E-state index is 0.0468. The van der Waals surface area contributed by atoms with E-state index in [2.05, 4.69) is 17.0 Å². The normalized spacial score (nSPS) is 17.6. The molecular weight excluding hydrogens is 343 g/mol. The molecule has 2 aromatic carbocycles. The van der Waals surface area contributed by atoms with Gasteiger partial charge in [0.1, 0.15) is 11.9 Å². The number of nitrogens with zero attached hydrogens (tertiary/aromatic N) is 2. The molecular formula is C22H27FN2O2. The summed E-state index contributed by atoms with van der Waals surface area (Å²) in [7, 11) is 0. The fraction of sp³-hybridized carbons (Fsp3) is 0.409. The van der Waals surface area contributed by atoms with Crippen LogP contribution >= 0.6 is 0 Å². The van der Waals surface area contributed by atoms with Gasteiger partial charge in [0, 0.05) is 26.1 Å². The highest BCUT2D eigenvalue weighted by molar-refractivity contribution is 6.01. The highest BCUT2D eigenvalue weighted by Crippen LogP contribution is 2.19. The van der Waals surface area contributed by atoms with Crippen molar-refractivity contribution in [3.8, 4) is 0 Å². The molecule has 0 amide bonds. The van der Waals surface area contributed by atoms with E-state index in [0.717, 1.165) is 36.1 Å². The predicted molar refractivity (Wildman–Crippen MR) is 105 cm³/mol. The standard InChI is InChI=1S/C22H27FN2O2/c1-2-6-20(26)15-25(14-17-9-11-19(23)12-10-17)16-21-13-22(24-27-21)18-7-4-3-5-8-18/h3-5,7-12,20-21,26H,2,6,13-16H2,1H3/t20-,21-/m0/s1. The lowest BCUT2D eigenvalue weighted by atomic mass is 10.0. The molecule has 144 valence electrons. The Balaban J connectivity index is 1.61. The first-order valence-electron chi connectivity index (χ1n) is 9.57. The van der Waals surface area contributed by atoms with Crippen LogP contribution in [0.5, 0.6) is 0 Å². The Hall–Kier alpha value is -2.24. The van der Waals surface area contributed by atoms with E-state index >= 15 is 0 Å². The summed E-state index contributed by atoms with van der Waals surface area (Å²) in [6.07, 6.45) is 2.01. The summed E-state index contributed by atoms with van der Waals surface area (Å²) in [6.45, 7) is 3.93. The smallest absolute Gasteiger partial charge is 0.145 e. The lowest BCUT2D eigenvalue weighted by Gasteiger charge is -2.27. The van der Waals surface area contributed by atoms with Gasteiger partial charge in [0.15, 0.2) is 0 Å². The zero-order valence-corrected chi connectivity index (χ0v) is 15.7. The number of benzene rings is 2. The topological polar surface area (TPSA) is 45.1 Å². The molecule has 0 spiro atoms. The van der Waals surface area contributed by atoms with E-state index in [-0.39, 0.29) is 18.0 Å². The van der Waals surface area contributed by atoms with Crippen LogP contribution in [0.1, 0.15) is 37.3 Å². The Morgan fingerprint density at radius 1 is 1.19 bits per heavy atom. The molecule has 0 aromatic heterocycles. The van der Waals surface area contributed by atoms with E-state index in [1.54, 1.807) is 12.1 Å². The summed E-state index contributed by atoms with van der Waals surface area (Å²) >= 11 is 0. The van der Waals surface area contributed by atoms with Gasteiger partial charge in [-0.25, -0.2) is 4.39 Å². The monoisotopic (exact) mass is 370 g/mol. The predicted octanol–water partition coefficient (Wildman–Crippen LogP) is 3.98. The molecule has 0 bridgehead atoms. The molecule has 5 heteroatoms. The summed E-state index contributed by atoms with van der Waals surface area (Å²) in [4.78, 5) is 7.82. The molecule has 1 heterocycles. The zero-order chi connectivity index (χ0) is 19.1. The van der Waals surface area contributed by atoms with Crippen molar-refractivity contribution in [1.82, 2.24) is 4.90 Å². The first-order valence-corrected chi connectivity index (χ1v) is 9.57. The molecule has 2 atom stereocenters. The van der Waals surface area contributed by atoms with Crippen molar-refractivity contribution in [2.24, 2.45) is 5.16 Å². The third-order valence-electron chi connectivity index (χ3n) is 4.71. The Morgan fingerprint density at radius 3 is 2.63 bits per heavy atom. The summed E-state index contributed by atoms with van der Waals surface area (Å²) < 4.78 is 13.2. The number of halogens is 1. The first kappa shape index (κ1) is 19.5. The molecule has 1 aliphatic heterocycles. The number of hydrogen-bond donors (Lipinski definition) is 1. The second-order valence-electron chi connectivity index (χ2n) is 7.10. The lowest BCUT2D eigenvalue weighted by Crippen LogP contribution is -2.37. The highest BCUT2D eigenvalue weighted by atomic mass is 19.1. The fourth-order valence-electron chi connectivity index (χ4n) is 3.39. The van der Waals surface area contributed by atoms with Crippen LogP contribution < -0.4 is 0 Å². The van der Waals surface area contributed by atoms with Crippen LogP contribution in [-0.4, -0.2) is 41.0 Å². The maximum atomic E-state index is 13.2. The van der Waals surface area contributed by atoms with Crippen molar-refractivity contribution >= 4 is 5.71 Å². The van der Waals surface area contributed by atoms with E-state index in [0.29, 0.717) is 19.6 Å². The van der Waals surface area contributed by atoms with Crippen LogP contribution in [0.2, 0.25) is 0 Å². The van der Waals surface area contributed by atoms with Crippen LogP contribution in [-0.2, 0) is 11.4 Å². The van der Waals surface area contributed by atoms with Gasteiger partial charge in [0.25, 0.3) is 0 Å². The summed E-state index contributed by atoms with van der Waals surface area (Å²) in [5.41, 5.74) is 3.05. The molecule has 1 aliphatic rings. The van der Waals surface area contributed by atoms with Gasteiger partial charge in [0.05, 0.1) is 11.8 Å². The van der Waals surface area contributed by atoms with Gasteiger partial charge in [-0.1, -0.05) is 61.0 Å². The molecule has 0 radical (unpaired) electrons. The molecule has 1 N–H and O–H groups in total. The molecule has 0 unspecified atom stereocenters. The van der Waals surface area contributed by atoms with Gasteiger partial charge in [-0.15, -0.1) is 0 Å². The van der Waals surface area contributed by atoms with E-state index in [1.165, 1.54) is 12.1 Å². The average Bonchev–Trinajstić information content (AvgIpc) is 3.13. The summed E-state index contributed by atoms with van der Waals surface area (Å²) in [6, 6.07) is 16.6. The number of aliphatic hydroxyl groups is 1. The van der Waals surface area contributed by atoms with Gasteiger partial charge < -0.3 is 9.94 Å². The first-order chi connectivity index (χ1) is 13.1. The quantitative estimate of drug-likeness (QED) is 0.726. The summed E-state index contributed by atoms with van der Waals surface area (Å²) in [5.74, 6) is -0.239. The Morgan fingerprint density at radius 2 is 1.93 bits per heavy atom. The number of rotatable bonds is 9. The minimum Gasteiger partial charge on any atom is -0.392 e. The second kappa shape index (κ2) is 9.62. The van der Waals surface area contributed by atoms with E-state index in [4.69, 9.17) is 4.84 Å². The number of oxime groups is 1. The van der Waals surface area contributed by atoms with Crippen molar-refractivity contribution in [2.75, 3.05) is 13.1 Å². The second-order valence-corrected chi connectivity index (χ2v) is 7.10. The third-order valence-corrected chi connectivity index (χ3v) is 4.71. The van der Waals surface area contributed by atoms with E-state index in [9.17, 15) is 9.50 Å². The molecule has 0 fully saturated rings. The Bertz CT molecular complexity index is 734. The van der Waals surface area contributed by atoms with Gasteiger partial charge in [-0.3, -0.25) is 4.90 Å². The Labute approximate surface area is 160 Å². The average molecular weight is 370 g/mol. The van der Waals surface area contributed by atoms with E-state index < -0.39 is 0 Å². The lowest BCUT2D eigenvalue weighted by molar-refractivity contribution is 0.0305. The van der Waals surface area contributed by atoms with Crippen molar-refractivity contribution in [2.45, 2.75) is 44.9 Å². The van der Waals surface area contributed by atoms with Crippen LogP contribution in [0.3, 0.4) is 0 Å². The van der Waals surface area contributed by atoms with E-state index in [1.807, 2.05) is 30.3 Å².